The zero-order valence-corrected chi connectivity index (χ0v) is 10.4. The molecule has 0 unspecified atom stereocenters. The van der Waals surface area contributed by atoms with Gasteiger partial charge in [-0.2, -0.15) is 0 Å². The van der Waals surface area contributed by atoms with Crippen molar-refractivity contribution >= 4 is 15.9 Å². The van der Waals surface area contributed by atoms with E-state index < -0.39 is 0 Å². The Hall–Kier alpha value is -1.49. The smallest absolute Gasteiger partial charge is 0.264 e. The van der Waals surface area contributed by atoms with Crippen LogP contribution in [-0.4, -0.2) is 19.2 Å². The monoisotopic (exact) mass is 283 g/mol. The Labute approximate surface area is 101 Å². The van der Waals surface area contributed by atoms with Gasteiger partial charge in [0.25, 0.3) is 4.80 Å². The van der Waals surface area contributed by atoms with Crippen LogP contribution < -0.4 is 9.47 Å². The number of oxazole rings is 1. The fraction of sp³-hybridized carbons (Fsp3) is 0.182. The molecule has 0 aliphatic carbocycles. The normalized spacial score (nSPS) is 10.2. The lowest BCUT2D eigenvalue weighted by Crippen LogP contribution is -1.90. The number of aromatic nitrogens is 1. The average Bonchev–Trinajstić information content (AvgIpc) is 2.74. The van der Waals surface area contributed by atoms with Crippen molar-refractivity contribution in [3.63, 3.8) is 0 Å². The number of hydrogen-bond donors (Lipinski definition) is 0. The Morgan fingerprint density at radius 2 is 2.06 bits per heavy atom. The van der Waals surface area contributed by atoms with E-state index in [0.717, 1.165) is 11.3 Å². The highest BCUT2D eigenvalue weighted by Gasteiger charge is 2.11. The molecule has 0 bridgehead atoms. The lowest BCUT2D eigenvalue weighted by Gasteiger charge is -2.07. The van der Waals surface area contributed by atoms with E-state index >= 15 is 0 Å². The van der Waals surface area contributed by atoms with Crippen molar-refractivity contribution in [2.75, 3.05) is 14.2 Å². The van der Waals surface area contributed by atoms with Gasteiger partial charge in [0.05, 0.1) is 14.2 Å². The van der Waals surface area contributed by atoms with Gasteiger partial charge in [0.2, 0.25) is 0 Å². The molecule has 0 aliphatic rings. The molecule has 16 heavy (non-hydrogen) atoms. The number of rotatable bonds is 3. The van der Waals surface area contributed by atoms with Gasteiger partial charge in [-0.25, -0.2) is 4.98 Å². The third-order valence-corrected chi connectivity index (χ3v) is 2.53. The Balaban J connectivity index is 2.48. The molecule has 0 saturated heterocycles. The first-order valence-corrected chi connectivity index (χ1v) is 5.37. The number of hydrogen-bond acceptors (Lipinski definition) is 4. The van der Waals surface area contributed by atoms with Gasteiger partial charge in [-0.1, -0.05) is 0 Å². The molecule has 2 aromatic rings. The SMILES string of the molecule is COc1ccc(-c2coc(Br)n2)c(OC)c1. The molecule has 5 heteroatoms. The first-order valence-electron chi connectivity index (χ1n) is 4.58. The van der Waals surface area contributed by atoms with E-state index in [1.807, 2.05) is 12.1 Å². The highest BCUT2D eigenvalue weighted by Crippen LogP contribution is 2.33. The second-order valence-corrected chi connectivity index (χ2v) is 3.73. The van der Waals surface area contributed by atoms with Crippen molar-refractivity contribution in [1.29, 1.82) is 0 Å². The molecular formula is C11H10BrNO3. The summed E-state index contributed by atoms with van der Waals surface area (Å²) in [6.45, 7) is 0. The number of ether oxygens (including phenoxy) is 2. The Bertz CT molecular complexity index is 496. The van der Waals surface area contributed by atoms with E-state index in [1.54, 1.807) is 26.5 Å². The van der Waals surface area contributed by atoms with Gasteiger partial charge in [-0.3, -0.25) is 0 Å². The minimum absolute atomic E-state index is 0.445. The molecule has 0 N–H and O–H groups in total. The summed E-state index contributed by atoms with van der Waals surface area (Å²) >= 11 is 3.16. The van der Waals surface area contributed by atoms with Crippen LogP contribution in [0.4, 0.5) is 0 Å². The average molecular weight is 284 g/mol. The highest BCUT2D eigenvalue weighted by atomic mass is 79.9. The van der Waals surface area contributed by atoms with Crippen LogP contribution in [0.15, 0.2) is 33.7 Å². The minimum atomic E-state index is 0.445. The maximum Gasteiger partial charge on any atom is 0.264 e. The van der Waals surface area contributed by atoms with Gasteiger partial charge in [-0.15, -0.1) is 0 Å². The number of benzene rings is 1. The Morgan fingerprint density at radius 3 is 2.62 bits per heavy atom. The predicted molar refractivity (Wildman–Crippen MR) is 62.7 cm³/mol. The maximum absolute atomic E-state index is 5.27. The summed E-state index contributed by atoms with van der Waals surface area (Å²) in [4.78, 5) is 4.62. The molecule has 0 atom stereocenters. The third kappa shape index (κ3) is 2.04. The van der Waals surface area contributed by atoms with Crippen LogP contribution in [0.1, 0.15) is 0 Å². The van der Waals surface area contributed by atoms with Crippen molar-refractivity contribution in [2.24, 2.45) is 0 Å². The molecule has 0 radical (unpaired) electrons. The van der Waals surface area contributed by atoms with E-state index in [4.69, 9.17) is 13.9 Å². The highest BCUT2D eigenvalue weighted by molar-refractivity contribution is 9.10. The molecule has 0 aliphatic heterocycles. The first-order chi connectivity index (χ1) is 7.74. The molecule has 84 valence electrons. The van der Waals surface area contributed by atoms with E-state index in [2.05, 4.69) is 20.9 Å². The molecule has 1 heterocycles. The molecule has 0 fully saturated rings. The fourth-order valence-corrected chi connectivity index (χ4v) is 1.67. The summed E-state index contributed by atoms with van der Waals surface area (Å²) in [5.41, 5.74) is 1.57. The maximum atomic E-state index is 5.27. The van der Waals surface area contributed by atoms with E-state index in [0.29, 0.717) is 16.2 Å². The topological polar surface area (TPSA) is 44.5 Å². The summed E-state index contributed by atoms with van der Waals surface area (Å²) in [7, 11) is 3.22. The molecule has 1 aromatic carbocycles. The summed E-state index contributed by atoms with van der Waals surface area (Å²) in [6, 6.07) is 5.53. The Morgan fingerprint density at radius 1 is 1.25 bits per heavy atom. The van der Waals surface area contributed by atoms with Gasteiger partial charge in [-0.05, 0) is 12.1 Å². The lowest BCUT2D eigenvalue weighted by molar-refractivity contribution is 0.395. The fourth-order valence-electron chi connectivity index (χ4n) is 1.39. The van der Waals surface area contributed by atoms with Gasteiger partial charge in [0, 0.05) is 27.6 Å². The van der Waals surface area contributed by atoms with Crippen molar-refractivity contribution in [2.45, 2.75) is 0 Å². The standard InChI is InChI=1S/C11H10BrNO3/c1-14-7-3-4-8(10(5-7)15-2)9-6-16-11(12)13-9/h3-6H,1-2H3. The zero-order chi connectivity index (χ0) is 11.5. The van der Waals surface area contributed by atoms with Gasteiger partial charge in [0.1, 0.15) is 23.5 Å². The van der Waals surface area contributed by atoms with E-state index in [9.17, 15) is 0 Å². The van der Waals surface area contributed by atoms with Crippen LogP contribution in [0.5, 0.6) is 11.5 Å². The molecular weight excluding hydrogens is 274 g/mol. The van der Waals surface area contributed by atoms with Crippen LogP contribution in [0.2, 0.25) is 0 Å². The predicted octanol–water partition coefficient (Wildman–Crippen LogP) is 3.12. The quantitative estimate of drug-likeness (QED) is 0.868. The number of nitrogens with zero attached hydrogens (tertiary/aromatic N) is 1. The third-order valence-electron chi connectivity index (χ3n) is 2.16. The second kappa shape index (κ2) is 4.57. The molecule has 4 nitrogen and oxygen atoms in total. The van der Waals surface area contributed by atoms with Gasteiger partial charge >= 0.3 is 0 Å². The molecule has 0 spiro atoms. The van der Waals surface area contributed by atoms with Crippen LogP contribution in [0.3, 0.4) is 0 Å². The zero-order valence-electron chi connectivity index (χ0n) is 8.86. The first kappa shape index (κ1) is 11.0. The van der Waals surface area contributed by atoms with Gasteiger partial charge < -0.3 is 13.9 Å². The molecule has 0 saturated carbocycles. The van der Waals surface area contributed by atoms with Crippen molar-refractivity contribution < 1.29 is 13.9 Å². The summed E-state index contributed by atoms with van der Waals surface area (Å²) < 4.78 is 15.5. The van der Waals surface area contributed by atoms with Gasteiger partial charge in [0.15, 0.2) is 0 Å². The number of methoxy groups -OCH3 is 2. The second-order valence-electron chi connectivity index (χ2n) is 3.05. The summed E-state index contributed by atoms with van der Waals surface area (Å²) in [6.07, 6.45) is 1.56. The summed E-state index contributed by atoms with van der Waals surface area (Å²) in [5.74, 6) is 1.43. The van der Waals surface area contributed by atoms with E-state index in [1.165, 1.54) is 0 Å². The van der Waals surface area contributed by atoms with Crippen molar-refractivity contribution in [1.82, 2.24) is 4.98 Å². The molecule has 2 rings (SSSR count). The van der Waals surface area contributed by atoms with Crippen LogP contribution in [0, 0.1) is 0 Å². The minimum Gasteiger partial charge on any atom is -0.497 e. The van der Waals surface area contributed by atoms with Crippen LogP contribution in [-0.2, 0) is 0 Å². The van der Waals surface area contributed by atoms with E-state index in [-0.39, 0.29) is 0 Å². The van der Waals surface area contributed by atoms with Crippen LogP contribution in [0.25, 0.3) is 11.3 Å². The van der Waals surface area contributed by atoms with Crippen LogP contribution >= 0.6 is 15.9 Å². The van der Waals surface area contributed by atoms with Crippen molar-refractivity contribution in [3.8, 4) is 22.8 Å². The molecule has 0 amide bonds. The number of halogens is 1. The molecule has 1 aromatic heterocycles. The summed E-state index contributed by atoms with van der Waals surface area (Å²) in [5, 5.41) is 0. The van der Waals surface area contributed by atoms with Crippen molar-refractivity contribution in [3.05, 3.63) is 29.3 Å². The largest absolute Gasteiger partial charge is 0.497 e. The lowest BCUT2D eigenvalue weighted by atomic mass is 10.1. The Kier molecular flexibility index (Phi) is 3.14.